The molecule has 100 valence electrons. The molecule has 1 heterocycles. The summed E-state index contributed by atoms with van der Waals surface area (Å²) in [6.07, 6.45) is 0.200. The molecule has 3 heteroatoms. The molecule has 0 bridgehead atoms. The van der Waals surface area contributed by atoms with Crippen LogP contribution in [0.25, 0.3) is 0 Å². The Kier molecular flexibility index (Phi) is 4.75. The van der Waals surface area contributed by atoms with Gasteiger partial charge in [-0.3, -0.25) is 4.90 Å². The lowest BCUT2D eigenvalue weighted by Crippen LogP contribution is -2.40. The summed E-state index contributed by atoms with van der Waals surface area (Å²) in [7, 11) is 0. The lowest BCUT2D eigenvalue weighted by atomic mass is 9.99. The summed E-state index contributed by atoms with van der Waals surface area (Å²) in [5.41, 5.74) is 8.28. The Bertz CT molecular complexity index is 359. The lowest BCUT2D eigenvalue weighted by molar-refractivity contribution is -0.0288. The van der Waals surface area contributed by atoms with E-state index < -0.39 is 0 Å². The molecule has 1 saturated heterocycles. The Morgan fingerprint density at radius 1 is 1.33 bits per heavy atom. The van der Waals surface area contributed by atoms with Crippen molar-refractivity contribution in [1.29, 1.82) is 0 Å². The Labute approximate surface area is 110 Å². The molecule has 0 aliphatic carbocycles. The first-order chi connectivity index (χ1) is 8.70. The largest absolute Gasteiger partial charge is 0.371 e. The summed E-state index contributed by atoms with van der Waals surface area (Å²) in [6, 6.07) is 8.83. The Balaban J connectivity index is 2.02. The van der Waals surface area contributed by atoms with Crippen LogP contribution in [-0.2, 0) is 4.74 Å². The molecule has 3 nitrogen and oxygen atoms in total. The van der Waals surface area contributed by atoms with E-state index in [0.29, 0.717) is 5.92 Å². The van der Waals surface area contributed by atoms with Gasteiger partial charge in [0.05, 0.1) is 12.7 Å². The third-order valence-corrected chi connectivity index (χ3v) is 3.57. The molecular formula is C15H24N2O. The maximum absolute atomic E-state index is 5.86. The minimum absolute atomic E-state index is 0.200. The zero-order valence-corrected chi connectivity index (χ0v) is 11.4. The summed E-state index contributed by atoms with van der Waals surface area (Å²) < 4.78 is 5.86. The smallest absolute Gasteiger partial charge is 0.0952 e. The Hall–Kier alpha value is -0.900. The highest BCUT2D eigenvalue weighted by atomic mass is 16.5. The monoisotopic (exact) mass is 248 g/mol. The molecular weight excluding hydrogens is 224 g/mol. The first-order valence-electron chi connectivity index (χ1n) is 6.84. The first-order valence-corrected chi connectivity index (χ1v) is 6.84. The fourth-order valence-corrected chi connectivity index (χ4v) is 2.39. The van der Waals surface area contributed by atoms with E-state index in [-0.39, 0.29) is 6.10 Å². The molecule has 2 N–H and O–H groups in total. The van der Waals surface area contributed by atoms with Gasteiger partial charge in [-0.15, -0.1) is 0 Å². The van der Waals surface area contributed by atoms with Gasteiger partial charge in [-0.1, -0.05) is 38.1 Å². The number of benzene rings is 1. The standard InChI is InChI=1S/C15H24N2O/c1-12(2)13-3-5-14(6-4-13)15-11-17(8-7-16)9-10-18-15/h3-6,12,15H,7-11,16H2,1-2H3. The van der Waals surface area contributed by atoms with Crippen LogP contribution in [0, 0.1) is 0 Å². The summed E-state index contributed by atoms with van der Waals surface area (Å²) in [4.78, 5) is 2.38. The molecule has 2 rings (SSSR count). The van der Waals surface area contributed by atoms with Crippen molar-refractivity contribution in [2.75, 3.05) is 32.8 Å². The molecule has 0 saturated carbocycles. The Morgan fingerprint density at radius 2 is 2.06 bits per heavy atom. The molecule has 1 aliphatic rings. The van der Waals surface area contributed by atoms with Gasteiger partial charge in [0.2, 0.25) is 0 Å². The summed E-state index contributed by atoms with van der Waals surface area (Å²) >= 11 is 0. The second-order valence-corrected chi connectivity index (χ2v) is 5.27. The number of ether oxygens (including phenoxy) is 1. The Morgan fingerprint density at radius 3 is 2.67 bits per heavy atom. The average molecular weight is 248 g/mol. The molecule has 1 unspecified atom stereocenters. The van der Waals surface area contributed by atoms with Crippen LogP contribution in [0.5, 0.6) is 0 Å². The number of nitrogens with two attached hydrogens (primary N) is 1. The van der Waals surface area contributed by atoms with Gasteiger partial charge in [-0.05, 0) is 17.0 Å². The molecule has 0 amide bonds. The normalized spacial score (nSPS) is 21.4. The van der Waals surface area contributed by atoms with E-state index in [0.717, 1.165) is 32.8 Å². The van der Waals surface area contributed by atoms with Crippen LogP contribution in [-0.4, -0.2) is 37.7 Å². The molecule has 1 fully saturated rings. The third-order valence-electron chi connectivity index (χ3n) is 3.57. The number of rotatable bonds is 4. The van der Waals surface area contributed by atoms with E-state index in [2.05, 4.69) is 43.0 Å². The molecule has 1 aromatic rings. The molecule has 1 atom stereocenters. The minimum Gasteiger partial charge on any atom is -0.371 e. The number of hydrogen-bond acceptors (Lipinski definition) is 3. The molecule has 18 heavy (non-hydrogen) atoms. The zero-order chi connectivity index (χ0) is 13.0. The van der Waals surface area contributed by atoms with E-state index in [4.69, 9.17) is 10.5 Å². The fourth-order valence-electron chi connectivity index (χ4n) is 2.39. The van der Waals surface area contributed by atoms with E-state index in [9.17, 15) is 0 Å². The van der Waals surface area contributed by atoms with Gasteiger partial charge >= 0.3 is 0 Å². The van der Waals surface area contributed by atoms with Crippen LogP contribution in [0.4, 0.5) is 0 Å². The molecule has 1 aromatic carbocycles. The van der Waals surface area contributed by atoms with Crippen LogP contribution in [0.3, 0.4) is 0 Å². The molecule has 0 aromatic heterocycles. The van der Waals surface area contributed by atoms with Crippen LogP contribution >= 0.6 is 0 Å². The van der Waals surface area contributed by atoms with Crippen molar-refractivity contribution >= 4 is 0 Å². The second-order valence-electron chi connectivity index (χ2n) is 5.27. The zero-order valence-electron chi connectivity index (χ0n) is 11.4. The van der Waals surface area contributed by atoms with Crippen LogP contribution in [0.2, 0.25) is 0 Å². The summed E-state index contributed by atoms with van der Waals surface area (Å²) in [6.45, 7) is 8.87. The quantitative estimate of drug-likeness (QED) is 0.887. The van der Waals surface area contributed by atoms with Crippen LogP contribution in [0.15, 0.2) is 24.3 Å². The minimum atomic E-state index is 0.200. The van der Waals surface area contributed by atoms with Crippen LogP contribution in [0.1, 0.15) is 37.0 Å². The molecule has 0 radical (unpaired) electrons. The van der Waals surface area contributed by atoms with Gasteiger partial charge in [0.1, 0.15) is 0 Å². The van der Waals surface area contributed by atoms with Crippen molar-refractivity contribution in [3.8, 4) is 0 Å². The summed E-state index contributed by atoms with van der Waals surface area (Å²) in [5.74, 6) is 0.583. The molecule has 1 aliphatic heterocycles. The third kappa shape index (κ3) is 3.31. The average Bonchev–Trinajstić information content (AvgIpc) is 2.39. The maximum atomic E-state index is 5.86. The van der Waals surface area contributed by atoms with Gasteiger partial charge < -0.3 is 10.5 Å². The SMILES string of the molecule is CC(C)c1ccc(C2CN(CCN)CCO2)cc1. The van der Waals surface area contributed by atoms with Gasteiger partial charge in [-0.25, -0.2) is 0 Å². The van der Waals surface area contributed by atoms with Gasteiger partial charge in [-0.2, -0.15) is 0 Å². The summed E-state index contributed by atoms with van der Waals surface area (Å²) in [5, 5.41) is 0. The predicted octanol–water partition coefficient (Wildman–Crippen LogP) is 2.14. The highest BCUT2D eigenvalue weighted by Gasteiger charge is 2.21. The van der Waals surface area contributed by atoms with E-state index in [1.807, 2.05) is 0 Å². The highest BCUT2D eigenvalue weighted by molar-refractivity contribution is 5.26. The maximum Gasteiger partial charge on any atom is 0.0952 e. The molecule has 0 spiro atoms. The van der Waals surface area contributed by atoms with Gasteiger partial charge in [0.25, 0.3) is 0 Å². The topological polar surface area (TPSA) is 38.5 Å². The van der Waals surface area contributed by atoms with Crippen molar-refractivity contribution in [1.82, 2.24) is 4.90 Å². The van der Waals surface area contributed by atoms with E-state index in [1.165, 1.54) is 11.1 Å². The number of nitrogens with zero attached hydrogens (tertiary/aromatic N) is 1. The van der Waals surface area contributed by atoms with Crippen LogP contribution < -0.4 is 5.73 Å². The van der Waals surface area contributed by atoms with Crippen molar-refractivity contribution in [3.63, 3.8) is 0 Å². The van der Waals surface area contributed by atoms with E-state index >= 15 is 0 Å². The predicted molar refractivity (Wildman–Crippen MR) is 74.7 cm³/mol. The second kappa shape index (κ2) is 6.32. The first kappa shape index (κ1) is 13.5. The van der Waals surface area contributed by atoms with Crippen molar-refractivity contribution in [2.45, 2.75) is 25.9 Å². The van der Waals surface area contributed by atoms with Gasteiger partial charge in [0, 0.05) is 26.2 Å². The fraction of sp³-hybridized carbons (Fsp3) is 0.600. The van der Waals surface area contributed by atoms with Crippen molar-refractivity contribution in [3.05, 3.63) is 35.4 Å². The highest BCUT2D eigenvalue weighted by Crippen LogP contribution is 2.24. The van der Waals surface area contributed by atoms with E-state index in [1.54, 1.807) is 0 Å². The number of hydrogen-bond donors (Lipinski definition) is 1. The van der Waals surface area contributed by atoms with Crippen molar-refractivity contribution in [2.24, 2.45) is 5.73 Å². The van der Waals surface area contributed by atoms with Crippen molar-refractivity contribution < 1.29 is 4.74 Å². The number of morpholine rings is 1. The van der Waals surface area contributed by atoms with Gasteiger partial charge in [0.15, 0.2) is 0 Å². The lowest BCUT2D eigenvalue weighted by Gasteiger charge is -2.32.